The number of hydrogen-bond donors (Lipinski definition) is 0. The predicted molar refractivity (Wildman–Crippen MR) is 60.5 cm³/mol. The molecule has 70 valence electrons. The minimum absolute atomic E-state index is 0.670. The van der Waals surface area contributed by atoms with Gasteiger partial charge in [-0.05, 0) is 24.8 Å². The molecule has 1 rings (SSSR count). The maximum absolute atomic E-state index is 2.46. The van der Waals surface area contributed by atoms with Crippen LogP contribution in [0.3, 0.4) is 0 Å². The van der Waals surface area contributed by atoms with Crippen molar-refractivity contribution in [3.8, 4) is 0 Å². The van der Waals surface area contributed by atoms with E-state index in [1.807, 2.05) is 10.9 Å². The molecule has 0 nitrogen and oxygen atoms in total. The first-order chi connectivity index (χ1) is 5.55. The van der Waals surface area contributed by atoms with Gasteiger partial charge in [-0.15, -0.1) is 0 Å². The number of allylic oxidation sites excluding steroid dienone is 2. The second kappa shape index (κ2) is 3.92. The van der Waals surface area contributed by atoms with Crippen LogP contribution in [0.15, 0.2) is 10.9 Å². The van der Waals surface area contributed by atoms with Crippen molar-refractivity contribution in [3.05, 3.63) is 10.9 Å². The molecule has 0 aliphatic heterocycles. The van der Waals surface area contributed by atoms with Gasteiger partial charge in [0.2, 0.25) is 0 Å². The van der Waals surface area contributed by atoms with Gasteiger partial charge in [-0.2, -0.15) is 0 Å². The molecule has 0 aromatic rings. The van der Waals surface area contributed by atoms with Crippen molar-refractivity contribution in [3.63, 3.8) is 0 Å². The summed E-state index contributed by atoms with van der Waals surface area (Å²) in [4.78, 5) is 0. The van der Waals surface area contributed by atoms with Gasteiger partial charge < -0.3 is 0 Å². The van der Waals surface area contributed by atoms with E-state index in [4.69, 9.17) is 0 Å². The summed E-state index contributed by atoms with van der Waals surface area (Å²) in [5.74, 6) is 0. The van der Waals surface area contributed by atoms with Crippen LogP contribution in [0.4, 0.5) is 0 Å². The largest absolute Gasteiger partial charge is 0.0699 e. The highest BCUT2D eigenvalue weighted by Gasteiger charge is 2.30. The minimum atomic E-state index is -0.670. The summed E-state index contributed by atoms with van der Waals surface area (Å²) >= 11 is 0. The molecule has 0 bridgehead atoms. The van der Waals surface area contributed by atoms with E-state index < -0.39 is 7.26 Å². The quantitative estimate of drug-likeness (QED) is 0.580. The molecule has 0 saturated heterocycles. The van der Waals surface area contributed by atoms with Crippen LogP contribution in [-0.4, -0.2) is 20.0 Å². The molecule has 0 fully saturated rings. The normalized spacial score (nSPS) is 19.0. The van der Waals surface area contributed by atoms with Crippen molar-refractivity contribution in [2.75, 3.05) is 20.0 Å². The third-order valence-corrected chi connectivity index (χ3v) is 4.82. The van der Waals surface area contributed by atoms with Gasteiger partial charge in [0.25, 0.3) is 0 Å². The molecule has 0 aromatic heterocycles. The maximum Gasteiger partial charge on any atom is 0.0699 e. The van der Waals surface area contributed by atoms with E-state index in [2.05, 4.69) is 26.9 Å². The van der Waals surface area contributed by atoms with Crippen LogP contribution >= 0.6 is 7.26 Å². The highest BCUT2D eigenvalue weighted by Crippen LogP contribution is 2.61. The summed E-state index contributed by atoms with van der Waals surface area (Å²) in [5.41, 5.74) is 1.82. The molecule has 12 heavy (non-hydrogen) atoms. The van der Waals surface area contributed by atoms with Crippen molar-refractivity contribution in [2.45, 2.75) is 39.0 Å². The maximum atomic E-state index is 2.46. The first-order valence-corrected chi connectivity index (χ1v) is 8.21. The second-order valence-electron chi connectivity index (χ2n) is 4.67. The molecule has 0 N–H and O–H groups in total. The van der Waals surface area contributed by atoms with Crippen LogP contribution in [0.5, 0.6) is 0 Å². The first-order valence-electron chi connectivity index (χ1n) is 5.08. The second-order valence-corrected chi connectivity index (χ2v) is 9.23. The lowest BCUT2D eigenvalue weighted by molar-refractivity contribution is 0.830. The van der Waals surface area contributed by atoms with Crippen molar-refractivity contribution >= 4 is 7.26 Å². The van der Waals surface area contributed by atoms with Crippen LogP contribution in [-0.2, 0) is 0 Å². The fraction of sp³-hybridized carbons (Fsp3) is 0.818. The van der Waals surface area contributed by atoms with E-state index in [0.717, 1.165) is 0 Å². The van der Waals surface area contributed by atoms with Gasteiger partial charge in [-0.1, -0.05) is 13.3 Å². The van der Waals surface area contributed by atoms with Crippen LogP contribution in [0, 0.1) is 0 Å². The van der Waals surface area contributed by atoms with E-state index in [0.29, 0.717) is 0 Å². The zero-order valence-corrected chi connectivity index (χ0v) is 9.88. The smallest absolute Gasteiger partial charge is 0.0651 e. The summed E-state index contributed by atoms with van der Waals surface area (Å²) in [7, 11) is -0.670. The Balaban J connectivity index is 2.76. The summed E-state index contributed by atoms with van der Waals surface area (Å²) in [6, 6.07) is 0. The van der Waals surface area contributed by atoms with E-state index in [-0.39, 0.29) is 0 Å². The van der Waals surface area contributed by atoms with E-state index in [1.165, 1.54) is 32.1 Å². The SMILES string of the molecule is CCCC1=C([P+](C)(C)C)CCC1. The topological polar surface area (TPSA) is 0 Å². The average molecular weight is 185 g/mol. The molecule has 0 atom stereocenters. The van der Waals surface area contributed by atoms with Gasteiger partial charge >= 0.3 is 0 Å². The molecule has 1 aliphatic rings. The summed E-state index contributed by atoms with van der Waals surface area (Å²) < 4.78 is 0. The van der Waals surface area contributed by atoms with Crippen molar-refractivity contribution in [2.24, 2.45) is 0 Å². The van der Waals surface area contributed by atoms with Gasteiger partial charge in [-0.25, -0.2) is 0 Å². The van der Waals surface area contributed by atoms with E-state index in [9.17, 15) is 0 Å². The first kappa shape index (κ1) is 10.3. The third-order valence-electron chi connectivity index (χ3n) is 2.66. The molecule has 0 unspecified atom stereocenters. The lowest BCUT2D eigenvalue weighted by Crippen LogP contribution is -1.91. The average Bonchev–Trinajstić information content (AvgIpc) is 2.34. The fourth-order valence-corrected chi connectivity index (χ4v) is 4.17. The van der Waals surface area contributed by atoms with Gasteiger partial charge in [-0.3, -0.25) is 0 Å². The predicted octanol–water partition coefficient (Wildman–Crippen LogP) is 4.13. The summed E-state index contributed by atoms with van der Waals surface area (Å²) in [6.07, 6.45) is 6.94. The molecule has 0 aromatic carbocycles. The Morgan fingerprint density at radius 1 is 1.17 bits per heavy atom. The number of hydrogen-bond acceptors (Lipinski definition) is 0. The Morgan fingerprint density at radius 2 is 1.83 bits per heavy atom. The Morgan fingerprint density at radius 3 is 2.33 bits per heavy atom. The van der Waals surface area contributed by atoms with Crippen LogP contribution in [0.25, 0.3) is 0 Å². The number of rotatable bonds is 3. The highest BCUT2D eigenvalue weighted by atomic mass is 31.2. The van der Waals surface area contributed by atoms with Crippen molar-refractivity contribution < 1.29 is 0 Å². The van der Waals surface area contributed by atoms with Gasteiger partial charge in [0.05, 0.1) is 25.3 Å². The lowest BCUT2D eigenvalue weighted by Gasteiger charge is -2.15. The molecule has 0 amide bonds. The van der Waals surface area contributed by atoms with Gasteiger partial charge in [0, 0.05) is 13.7 Å². The Kier molecular flexibility index (Phi) is 3.35. The standard InChI is InChI=1S/C11H22P/c1-5-7-10-8-6-9-11(10)12(2,3)4/h5-9H2,1-4H3/q+1. The zero-order valence-electron chi connectivity index (χ0n) is 8.98. The monoisotopic (exact) mass is 185 g/mol. The summed E-state index contributed by atoms with van der Waals surface area (Å²) in [6.45, 7) is 9.68. The molecule has 0 spiro atoms. The molecule has 1 heteroatoms. The fourth-order valence-electron chi connectivity index (χ4n) is 2.17. The Labute approximate surface area is 77.8 Å². The third kappa shape index (κ3) is 2.33. The lowest BCUT2D eigenvalue weighted by atomic mass is 10.1. The minimum Gasteiger partial charge on any atom is -0.0651 e. The zero-order chi connectivity index (χ0) is 9.19. The van der Waals surface area contributed by atoms with Crippen LogP contribution in [0.1, 0.15) is 39.0 Å². The molecule has 0 radical (unpaired) electrons. The Bertz CT molecular complexity index is 184. The van der Waals surface area contributed by atoms with E-state index >= 15 is 0 Å². The molecule has 0 heterocycles. The Hall–Kier alpha value is 0.170. The van der Waals surface area contributed by atoms with Gasteiger partial charge in [0.1, 0.15) is 0 Å². The molecule has 0 saturated carbocycles. The van der Waals surface area contributed by atoms with Crippen molar-refractivity contribution in [1.29, 1.82) is 0 Å². The van der Waals surface area contributed by atoms with E-state index in [1.54, 1.807) is 0 Å². The van der Waals surface area contributed by atoms with Crippen LogP contribution < -0.4 is 0 Å². The van der Waals surface area contributed by atoms with Crippen LogP contribution in [0.2, 0.25) is 0 Å². The van der Waals surface area contributed by atoms with Crippen molar-refractivity contribution in [1.82, 2.24) is 0 Å². The highest BCUT2D eigenvalue weighted by molar-refractivity contribution is 7.77. The van der Waals surface area contributed by atoms with Gasteiger partial charge in [0.15, 0.2) is 0 Å². The molecular weight excluding hydrogens is 163 g/mol. The molecular formula is C11H22P+. The summed E-state index contributed by atoms with van der Waals surface area (Å²) in [5, 5.41) is 1.87. The molecule has 1 aliphatic carbocycles.